The maximum atomic E-state index is 12.7. The standard InChI is InChI=1S/C17H23O5P/c1-3-20-23(19,21-4-2)22-17(14-10-6-5-7-11-14)15-12-8-9-13-16(15)18/h5-7,10-11H,3-4,8-9,12-13H2,1-2H3/b17-15-. The number of hydrogen-bond donors (Lipinski definition) is 0. The van der Waals surface area contributed by atoms with Crippen molar-refractivity contribution in [2.45, 2.75) is 39.5 Å². The summed E-state index contributed by atoms with van der Waals surface area (Å²) >= 11 is 0. The molecule has 0 bridgehead atoms. The van der Waals surface area contributed by atoms with Crippen LogP contribution < -0.4 is 0 Å². The zero-order valence-electron chi connectivity index (χ0n) is 13.6. The lowest BCUT2D eigenvalue weighted by atomic mass is 9.91. The Balaban J connectivity index is 2.44. The summed E-state index contributed by atoms with van der Waals surface area (Å²) < 4.78 is 28.8. The Kier molecular flexibility index (Phi) is 6.58. The maximum Gasteiger partial charge on any atom is 0.530 e. The third-order valence-electron chi connectivity index (χ3n) is 3.50. The van der Waals surface area contributed by atoms with E-state index in [1.165, 1.54) is 0 Å². The van der Waals surface area contributed by atoms with Gasteiger partial charge in [-0.3, -0.25) is 13.8 Å². The molecule has 0 saturated heterocycles. The monoisotopic (exact) mass is 338 g/mol. The Morgan fingerprint density at radius 3 is 2.22 bits per heavy atom. The summed E-state index contributed by atoms with van der Waals surface area (Å²) in [5.74, 6) is 0.357. The summed E-state index contributed by atoms with van der Waals surface area (Å²) in [6.07, 6.45) is 2.89. The number of carbonyl (C=O) groups is 1. The highest BCUT2D eigenvalue weighted by Crippen LogP contribution is 2.53. The van der Waals surface area contributed by atoms with Crippen molar-refractivity contribution < 1.29 is 22.9 Å². The molecule has 1 saturated carbocycles. The molecule has 23 heavy (non-hydrogen) atoms. The Bertz CT molecular complexity index is 599. The molecule has 6 heteroatoms. The van der Waals surface area contributed by atoms with E-state index in [0.717, 1.165) is 12.8 Å². The van der Waals surface area contributed by atoms with E-state index in [1.807, 2.05) is 30.3 Å². The lowest BCUT2D eigenvalue weighted by molar-refractivity contribution is -0.116. The summed E-state index contributed by atoms with van der Waals surface area (Å²) in [5, 5.41) is 0. The van der Waals surface area contributed by atoms with Crippen LogP contribution in [0.4, 0.5) is 0 Å². The first-order chi connectivity index (χ1) is 11.1. The minimum absolute atomic E-state index is 0.0367. The fraction of sp³-hybridized carbons (Fsp3) is 0.471. The summed E-state index contributed by atoms with van der Waals surface area (Å²) in [4.78, 5) is 12.3. The minimum Gasteiger partial charge on any atom is -0.403 e. The number of phosphoric acid groups is 1. The molecule has 1 aliphatic carbocycles. The highest BCUT2D eigenvalue weighted by Gasteiger charge is 2.32. The first kappa shape index (κ1) is 17.9. The number of carbonyl (C=O) groups excluding carboxylic acids is 1. The molecular formula is C17H23O5P. The number of ketones is 1. The number of phosphoric ester groups is 1. The lowest BCUT2D eigenvalue weighted by Gasteiger charge is -2.23. The van der Waals surface area contributed by atoms with Crippen LogP contribution in [-0.2, 0) is 22.9 Å². The number of allylic oxidation sites excluding steroid dienone is 1. The van der Waals surface area contributed by atoms with Crippen LogP contribution in [0.25, 0.3) is 5.76 Å². The molecule has 5 nitrogen and oxygen atoms in total. The fourth-order valence-corrected chi connectivity index (χ4v) is 3.76. The summed E-state index contributed by atoms with van der Waals surface area (Å²) in [6, 6.07) is 9.22. The molecular weight excluding hydrogens is 315 g/mol. The second-order valence-corrected chi connectivity index (χ2v) is 6.77. The van der Waals surface area contributed by atoms with Crippen LogP contribution >= 0.6 is 7.82 Å². The molecule has 0 N–H and O–H groups in total. The van der Waals surface area contributed by atoms with E-state index in [4.69, 9.17) is 13.6 Å². The van der Waals surface area contributed by atoms with E-state index in [2.05, 4.69) is 0 Å². The number of Topliss-reactive ketones (excluding diaryl/α,β-unsaturated/α-hetero) is 1. The fourth-order valence-electron chi connectivity index (χ4n) is 2.51. The quantitative estimate of drug-likeness (QED) is 0.408. The molecule has 0 atom stereocenters. The van der Waals surface area contributed by atoms with Crippen molar-refractivity contribution in [1.29, 1.82) is 0 Å². The molecule has 1 aliphatic rings. The van der Waals surface area contributed by atoms with Crippen molar-refractivity contribution >= 4 is 19.4 Å². The summed E-state index contributed by atoms with van der Waals surface area (Å²) in [7, 11) is -3.74. The van der Waals surface area contributed by atoms with E-state index < -0.39 is 7.82 Å². The van der Waals surface area contributed by atoms with Crippen LogP contribution in [0.15, 0.2) is 35.9 Å². The molecule has 0 unspecified atom stereocenters. The van der Waals surface area contributed by atoms with Crippen molar-refractivity contribution in [3.05, 3.63) is 41.5 Å². The largest absolute Gasteiger partial charge is 0.530 e. The Morgan fingerprint density at radius 1 is 1.04 bits per heavy atom. The number of rotatable bonds is 7. The van der Waals surface area contributed by atoms with Crippen LogP contribution in [0.5, 0.6) is 0 Å². The van der Waals surface area contributed by atoms with Gasteiger partial charge >= 0.3 is 7.82 Å². The predicted octanol–water partition coefficient (Wildman–Crippen LogP) is 4.74. The van der Waals surface area contributed by atoms with Crippen molar-refractivity contribution in [1.82, 2.24) is 0 Å². The molecule has 2 rings (SSSR count). The van der Waals surface area contributed by atoms with Gasteiger partial charge in [-0.2, -0.15) is 0 Å². The van der Waals surface area contributed by atoms with Gasteiger partial charge in [-0.25, -0.2) is 4.57 Å². The Morgan fingerprint density at radius 2 is 1.65 bits per heavy atom. The Hall–Kier alpha value is -1.42. The molecule has 126 valence electrons. The van der Waals surface area contributed by atoms with Crippen molar-refractivity contribution in [3.63, 3.8) is 0 Å². The topological polar surface area (TPSA) is 61.8 Å². The van der Waals surface area contributed by atoms with E-state index in [9.17, 15) is 9.36 Å². The maximum absolute atomic E-state index is 12.7. The van der Waals surface area contributed by atoms with Gasteiger partial charge in [0.25, 0.3) is 0 Å². The first-order valence-corrected chi connectivity index (χ1v) is 9.46. The highest BCUT2D eigenvalue weighted by atomic mass is 31.2. The van der Waals surface area contributed by atoms with Crippen LogP contribution in [-0.4, -0.2) is 19.0 Å². The van der Waals surface area contributed by atoms with Gasteiger partial charge < -0.3 is 4.52 Å². The van der Waals surface area contributed by atoms with E-state index in [-0.39, 0.29) is 19.0 Å². The van der Waals surface area contributed by atoms with Gasteiger partial charge in [-0.05, 0) is 33.1 Å². The molecule has 0 aromatic heterocycles. The molecule has 0 radical (unpaired) electrons. The van der Waals surface area contributed by atoms with Gasteiger partial charge in [-0.15, -0.1) is 0 Å². The van der Waals surface area contributed by atoms with Gasteiger partial charge in [0.05, 0.1) is 13.2 Å². The predicted molar refractivity (Wildman–Crippen MR) is 88.8 cm³/mol. The SMILES string of the molecule is CCOP(=O)(OCC)O/C(=C1/CCCCC1=O)c1ccccc1. The van der Waals surface area contributed by atoms with E-state index in [1.54, 1.807) is 13.8 Å². The lowest BCUT2D eigenvalue weighted by Crippen LogP contribution is -2.12. The van der Waals surface area contributed by atoms with Crippen molar-refractivity contribution in [3.8, 4) is 0 Å². The summed E-state index contributed by atoms with van der Waals surface area (Å²) in [5.41, 5.74) is 1.28. The third kappa shape index (κ3) is 4.77. The smallest absolute Gasteiger partial charge is 0.403 e. The minimum atomic E-state index is -3.74. The van der Waals surface area contributed by atoms with Gasteiger partial charge in [-0.1, -0.05) is 30.3 Å². The molecule has 0 heterocycles. The number of benzene rings is 1. The molecule has 1 fully saturated rings. The Labute approximate surface area is 137 Å². The second kappa shape index (κ2) is 8.44. The average molecular weight is 338 g/mol. The van der Waals surface area contributed by atoms with E-state index in [0.29, 0.717) is 29.7 Å². The zero-order valence-corrected chi connectivity index (χ0v) is 14.5. The third-order valence-corrected chi connectivity index (χ3v) is 5.06. The highest BCUT2D eigenvalue weighted by molar-refractivity contribution is 7.48. The molecule has 1 aromatic rings. The molecule has 0 spiro atoms. The zero-order chi connectivity index (χ0) is 16.7. The van der Waals surface area contributed by atoms with Crippen LogP contribution in [0, 0.1) is 0 Å². The van der Waals surface area contributed by atoms with Crippen LogP contribution in [0.3, 0.4) is 0 Å². The van der Waals surface area contributed by atoms with Crippen LogP contribution in [0.2, 0.25) is 0 Å². The van der Waals surface area contributed by atoms with Crippen molar-refractivity contribution in [2.24, 2.45) is 0 Å². The van der Waals surface area contributed by atoms with Gasteiger partial charge in [0.15, 0.2) is 5.78 Å². The van der Waals surface area contributed by atoms with Crippen LogP contribution in [0.1, 0.15) is 45.1 Å². The molecule has 1 aromatic carbocycles. The molecule has 0 amide bonds. The summed E-state index contributed by atoms with van der Waals surface area (Å²) in [6.45, 7) is 3.83. The van der Waals surface area contributed by atoms with Gasteiger partial charge in [0.2, 0.25) is 0 Å². The van der Waals surface area contributed by atoms with Crippen molar-refractivity contribution in [2.75, 3.05) is 13.2 Å². The average Bonchev–Trinajstić information content (AvgIpc) is 2.55. The van der Waals surface area contributed by atoms with Gasteiger partial charge in [0, 0.05) is 17.6 Å². The second-order valence-electron chi connectivity index (χ2n) is 5.18. The first-order valence-electron chi connectivity index (χ1n) is 8.00. The molecule has 0 aliphatic heterocycles. The normalized spacial score (nSPS) is 17.9. The number of hydrogen-bond acceptors (Lipinski definition) is 5. The van der Waals surface area contributed by atoms with E-state index >= 15 is 0 Å². The van der Waals surface area contributed by atoms with Gasteiger partial charge in [0.1, 0.15) is 5.76 Å².